The second kappa shape index (κ2) is 8.80. The van der Waals surface area contributed by atoms with Gasteiger partial charge in [0.2, 0.25) is 11.8 Å². The zero-order valence-electron chi connectivity index (χ0n) is 15.6. The van der Waals surface area contributed by atoms with Crippen molar-refractivity contribution in [2.24, 2.45) is 5.92 Å². The molecule has 1 heterocycles. The summed E-state index contributed by atoms with van der Waals surface area (Å²) < 4.78 is 13.6. The molecule has 5 heteroatoms. The predicted molar refractivity (Wildman–Crippen MR) is 102 cm³/mol. The van der Waals surface area contributed by atoms with E-state index in [4.69, 9.17) is 0 Å². The number of piperidine rings is 1. The Morgan fingerprint density at radius 3 is 2.56 bits per heavy atom. The minimum absolute atomic E-state index is 0.0657. The van der Waals surface area contributed by atoms with E-state index in [1.165, 1.54) is 6.07 Å². The van der Waals surface area contributed by atoms with E-state index >= 15 is 0 Å². The molecule has 0 atom stereocenters. The number of hydrogen-bond acceptors (Lipinski definition) is 2. The van der Waals surface area contributed by atoms with Crippen molar-refractivity contribution in [2.75, 3.05) is 13.1 Å². The van der Waals surface area contributed by atoms with E-state index in [2.05, 4.69) is 5.32 Å². The molecule has 27 heavy (non-hydrogen) atoms. The summed E-state index contributed by atoms with van der Waals surface area (Å²) in [6, 6.07) is 14.4. The maximum absolute atomic E-state index is 13.6. The lowest BCUT2D eigenvalue weighted by atomic mass is 9.95. The average Bonchev–Trinajstić information content (AvgIpc) is 2.67. The first kappa shape index (κ1) is 19.1. The molecule has 3 rings (SSSR count). The molecule has 142 valence electrons. The van der Waals surface area contributed by atoms with Gasteiger partial charge >= 0.3 is 0 Å². The van der Waals surface area contributed by atoms with Gasteiger partial charge in [0.15, 0.2) is 0 Å². The van der Waals surface area contributed by atoms with Crippen LogP contribution in [0.15, 0.2) is 48.5 Å². The van der Waals surface area contributed by atoms with Crippen molar-refractivity contribution in [1.82, 2.24) is 10.2 Å². The van der Waals surface area contributed by atoms with Gasteiger partial charge in [-0.1, -0.05) is 48.0 Å². The first-order valence-corrected chi connectivity index (χ1v) is 9.37. The molecule has 1 fully saturated rings. The van der Waals surface area contributed by atoms with Crippen molar-refractivity contribution >= 4 is 11.8 Å². The van der Waals surface area contributed by atoms with Crippen LogP contribution in [0.2, 0.25) is 0 Å². The van der Waals surface area contributed by atoms with E-state index in [0.29, 0.717) is 37.9 Å². The number of carbonyl (C=O) groups is 2. The minimum Gasteiger partial charge on any atom is -0.352 e. The molecule has 0 unspecified atom stereocenters. The highest BCUT2D eigenvalue weighted by molar-refractivity contribution is 5.81. The van der Waals surface area contributed by atoms with Crippen molar-refractivity contribution in [3.05, 3.63) is 71.0 Å². The van der Waals surface area contributed by atoms with E-state index in [1.54, 1.807) is 18.2 Å². The molecular weight excluding hydrogens is 343 g/mol. The van der Waals surface area contributed by atoms with Gasteiger partial charge < -0.3 is 10.2 Å². The molecule has 4 nitrogen and oxygen atoms in total. The molecule has 2 aromatic carbocycles. The molecule has 1 aliphatic heterocycles. The molecule has 2 aromatic rings. The Hall–Kier alpha value is -2.69. The van der Waals surface area contributed by atoms with Crippen LogP contribution in [-0.2, 0) is 22.6 Å². The standard InChI is InChI=1S/C22H25FN2O2/c1-16-5-4-6-17(13-16)14-21(26)25-11-9-18(10-12-25)22(27)24-15-19-7-2-3-8-20(19)23/h2-8,13,18H,9-12,14-15H2,1H3,(H,24,27). The van der Waals surface area contributed by atoms with Crippen molar-refractivity contribution < 1.29 is 14.0 Å². The summed E-state index contributed by atoms with van der Waals surface area (Å²) >= 11 is 0. The van der Waals surface area contributed by atoms with Crippen LogP contribution in [0.4, 0.5) is 4.39 Å². The number of amides is 2. The van der Waals surface area contributed by atoms with Crippen LogP contribution in [-0.4, -0.2) is 29.8 Å². The van der Waals surface area contributed by atoms with Crippen LogP contribution in [0, 0.1) is 18.7 Å². The number of likely N-dealkylation sites (tertiary alicyclic amines) is 1. The number of nitrogens with zero attached hydrogens (tertiary/aromatic N) is 1. The summed E-state index contributed by atoms with van der Waals surface area (Å²) in [6.45, 7) is 3.38. The van der Waals surface area contributed by atoms with Gasteiger partial charge in [-0.15, -0.1) is 0 Å². The Kier molecular flexibility index (Phi) is 6.22. The first-order chi connectivity index (χ1) is 13.0. The van der Waals surface area contributed by atoms with Crippen molar-refractivity contribution in [2.45, 2.75) is 32.7 Å². The highest BCUT2D eigenvalue weighted by Crippen LogP contribution is 2.19. The molecule has 1 N–H and O–H groups in total. The Labute approximate surface area is 159 Å². The lowest BCUT2D eigenvalue weighted by Crippen LogP contribution is -2.43. The number of hydrogen-bond donors (Lipinski definition) is 1. The summed E-state index contributed by atoms with van der Waals surface area (Å²) in [5.41, 5.74) is 2.65. The quantitative estimate of drug-likeness (QED) is 0.881. The molecule has 0 aliphatic carbocycles. The fraction of sp³-hybridized carbons (Fsp3) is 0.364. The first-order valence-electron chi connectivity index (χ1n) is 9.37. The highest BCUT2D eigenvalue weighted by atomic mass is 19.1. The minimum atomic E-state index is -0.311. The van der Waals surface area contributed by atoms with Gasteiger partial charge in [-0.2, -0.15) is 0 Å². The maximum atomic E-state index is 13.6. The molecule has 0 radical (unpaired) electrons. The van der Waals surface area contributed by atoms with Crippen LogP contribution in [0.1, 0.15) is 29.5 Å². The van der Waals surface area contributed by atoms with E-state index in [9.17, 15) is 14.0 Å². The third-order valence-electron chi connectivity index (χ3n) is 5.07. The Morgan fingerprint density at radius 2 is 1.85 bits per heavy atom. The molecule has 0 aromatic heterocycles. The Bertz CT molecular complexity index is 813. The van der Waals surface area contributed by atoms with Gasteiger partial charge in [0.1, 0.15) is 5.82 Å². The van der Waals surface area contributed by atoms with Crippen LogP contribution in [0.3, 0.4) is 0 Å². The van der Waals surface area contributed by atoms with Gasteiger partial charge in [0, 0.05) is 31.1 Å². The summed E-state index contributed by atoms with van der Waals surface area (Å²) in [4.78, 5) is 26.7. The van der Waals surface area contributed by atoms with Gasteiger partial charge in [-0.05, 0) is 31.4 Å². The molecule has 1 saturated heterocycles. The van der Waals surface area contributed by atoms with E-state index in [1.807, 2.05) is 36.1 Å². The van der Waals surface area contributed by atoms with E-state index < -0.39 is 0 Å². The lowest BCUT2D eigenvalue weighted by Gasteiger charge is -2.31. The summed E-state index contributed by atoms with van der Waals surface area (Å²) in [5, 5.41) is 2.82. The third-order valence-corrected chi connectivity index (χ3v) is 5.07. The maximum Gasteiger partial charge on any atom is 0.226 e. The summed E-state index contributed by atoms with van der Waals surface area (Å²) in [6.07, 6.45) is 1.68. The molecule has 0 saturated carbocycles. The molecule has 0 spiro atoms. The third kappa shape index (κ3) is 5.16. The van der Waals surface area contributed by atoms with E-state index in [-0.39, 0.29) is 30.1 Å². The van der Waals surface area contributed by atoms with Crippen molar-refractivity contribution in [3.63, 3.8) is 0 Å². The van der Waals surface area contributed by atoms with Crippen molar-refractivity contribution in [3.8, 4) is 0 Å². The SMILES string of the molecule is Cc1cccc(CC(=O)N2CCC(C(=O)NCc3ccccc3F)CC2)c1. The fourth-order valence-electron chi connectivity index (χ4n) is 3.47. The largest absolute Gasteiger partial charge is 0.352 e. The number of aryl methyl sites for hydroxylation is 1. The topological polar surface area (TPSA) is 49.4 Å². The summed E-state index contributed by atoms with van der Waals surface area (Å²) in [5.74, 6) is -0.399. The number of benzene rings is 2. The smallest absolute Gasteiger partial charge is 0.226 e. The normalized spacial score (nSPS) is 14.8. The molecule has 0 bridgehead atoms. The summed E-state index contributed by atoms with van der Waals surface area (Å²) in [7, 11) is 0. The van der Waals surface area contributed by atoms with Gasteiger partial charge in [0.05, 0.1) is 6.42 Å². The number of rotatable bonds is 5. The second-order valence-corrected chi connectivity index (χ2v) is 7.13. The van der Waals surface area contributed by atoms with Crippen LogP contribution in [0.25, 0.3) is 0 Å². The van der Waals surface area contributed by atoms with Crippen molar-refractivity contribution in [1.29, 1.82) is 0 Å². The highest BCUT2D eigenvalue weighted by Gasteiger charge is 2.27. The van der Waals surface area contributed by atoms with Crippen LogP contribution in [0.5, 0.6) is 0 Å². The second-order valence-electron chi connectivity index (χ2n) is 7.13. The Morgan fingerprint density at radius 1 is 1.11 bits per heavy atom. The van der Waals surface area contributed by atoms with Crippen LogP contribution >= 0.6 is 0 Å². The predicted octanol–water partition coefficient (Wildman–Crippen LogP) is 3.23. The molecule has 2 amide bonds. The number of halogens is 1. The van der Waals surface area contributed by atoms with Gasteiger partial charge in [-0.3, -0.25) is 9.59 Å². The Balaban J connectivity index is 1.46. The van der Waals surface area contributed by atoms with Gasteiger partial charge in [0.25, 0.3) is 0 Å². The zero-order valence-corrected chi connectivity index (χ0v) is 15.6. The number of carbonyl (C=O) groups excluding carboxylic acids is 2. The average molecular weight is 368 g/mol. The molecule has 1 aliphatic rings. The molecular formula is C22H25FN2O2. The monoisotopic (exact) mass is 368 g/mol. The number of nitrogens with one attached hydrogen (secondary N) is 1. The van der Waals surface area contributed by atoms with Gasteiger partial charge in [-0.25, -0.2) is 4.39 Å². The van der Waals surface area contributed by atoms with Crippen LogP contribution < -0.4 is 5.32 Å². The van der Waals surface area contributed by atoms with E-state index in [0.717, 1.165) is 11.1 Å². The zero-order chi connectivity index (χ0) is 19.2. The fourth-order valence-corrected chi connectivity index (χ4v) is 3.47. The lowest BCUT2D eigenvalue weighted by molar-refractivity contribution is -0.135.